The highest BCUT2D eigenvalue weighted by Gasteiger charge is 2.46. The summed E-state index contributed by atoms with van der Waals surface area (Å²) in [5, 5.41) is 1.79. The Labute approximate surface area is 196 Å². The highest BCUT2D eigenvalue weighted by molar-refractivity contribution is 8.08. The summed E-state index contributed by atoms with van der Waals surface area (Å²) in [6.07, 6.45) is 4.79. The second-order valence-electron chi connectivity index (χ2n) is 8.62. The minimum Gasteiger partial charge on any atom is -0.496 e. The van der Waals surface area contributed by atoms with Gasteiger partial charge in [-0.05, 0) is 48.4 Å². The van der Waals surface area contributed by atoms with Gasteiger partial charge in [-0.25, -0.2) is 0 Å². The Kier molecular flexibility index (Phi) is 4.46. The molecular formula is C28H22O4S. The van der Waals surface area contributed by atoms with Crippen molar-refractivity contribution in [3.05, 3.63) is 95.0 Å². The zero-order chi connectivity index (χ0) is 22.7. The molecule has 1 atom stereocenters. The quantitative estimate of drug-likeness (QED) is 0.338. The van der Waals surface area contributed by atoms with Gasteiger partial charge in [0.15, 0.2) is 5.76 Å². The van der Waals surface area contributed by atoms with E-state index in [2.05, 4.69) is 31.2 Å². The van der Waals surface area contributed by atoms with Crippen molar-refractivity contribution in [3.8, 4) is 11.5 Å². The van der Waals surface area contributed by atoms with Gasteiger partial charge in [-0.1, -0.05) is 43.0 Å². The monoisotopic (exact) mass is 454 g/mol. The van der Waals surface area contributed by atoms with Crippen LogP contribution in [-0.2, 0) is 5.41 Å². The average Bonchev–Trinajstić information content (AvgIpc) is 3.31. The average molecular weight is 455 g/mol. The molecule has 5 heteroatoms. The van der Waals surface area contributed by atoms with Crippen LogP contribution in [-0.4, -0.2) is 20.0 Å². The molecule has 0 spiro atoms. The highest BCUT2D eigenvalue weighted by Crippen LogP contribution is 2.54. The Morgan fingerprint density at radius 3 is 2.33 bits per heavy atom. The summed E-state index contributed by atoms with van der Waals surface area (Å²) in [4.78, 5) is 15.9. The normalized spacial score (nSPS) is 18.5. The maximum Gasteiger partial charge on any atom is 0.228 e. The van der Waals surface area contributed by atoms with Crippen LogP contribution in [0.5, 0.6) is 11.5 Å². The van der Waals surface area contributed by atoms with Crippen LogP contribution in [0.1, 0.15) is 46.2 Å². The van der Waals surface area contributed by atoms with Crippen LogP contribution < -0.4 is 9.47 Å². The number of allylic oxidation sites excluding steroid dienone is 1. The molecule has 0 radical (unpaired) electrons. The molecule has 3 aromatic carbocycles. The van der Waals surface area contributed by atoms with Gasteiger partial charge in [0, 0.05) is 42.7 Å². The summed E-state index contributed by atoms with van der Waals surface area (Å²) in [6.45, 7) is 2.20. The van der Waals surface area contributed by atoms with Gasteiger partial charge in [-0.15, -0.1) is 0 Å². The van der Waals surface area contributed by atoms with Crippen molar-refractivity contribution in [2.75, 3.05) is 14.2 Å². The molecule has 4 aromatic rings. The molecule has 1 aromatic heterocycles. The van der Waals surface area contributed by atoms with Crippen molar-refractivity contribution in [2.24, 2.45) is 0 Å². The molecule has 0 amide bonds. The van der Waals surface area contributed by atoms with Crippen LogP contribution in [0.15, 0.2) is 76.2 Å². The van der Waals surface area contributed by atoms with E-state index in [9.17, 15) is 4.79 Å². The van der Waals surface area contributed by atoms with Crippen molar-refractivity contribution < 1.29 is 18.7 Å². The van der Waals surface area contributed by atoms with E-state index in [1.54, 1.807) is 32.2 Å². The first-order valence-electron chi connectivity index (χ1n) is 10.8. The summed E-state index contributed by atoms with van der Waals surface area (Å²) in [5.41, 5.74) is 3.29. The van der Waals surface area contributed by atoms with E-state index in [0.29, 0.717) is 17.1 Å². The van der Waals surface area contributed by atoms with Crippen LogP contribution in [0.2, 0.25) is 0 Å². The smallest absolute Gasteiger partial charge is 0.228 e. The van der Waals surface area contributed by atoms with Gasteiger partial charge in [0.1, 0.15) is 17.8 Å². The molecule has 1 heterocycles. The van der Waals surface area contributed by atoms with Crippen molar-refractivity contribution in [1.29, 1.82) is 0 Å². The second-order valence-corrected chi connectivity index (χ2v) is 9.73. The van der Waals surface area contributed by atoms with E-state index in [4.69, 9.17) is 13.9 Å². The number of carbonyl (C=O) groups excluding carboxylic acids is 1. The zero-order valence-corrected chi connectivity index (χ0v) is 19.4. The van der Waals surface area contributed by atoms with E-state index >= 15 is 0 Å². The van der Waals surface area contributed by atoms with Gasteiger partial charge < -0.3 is 13.9 Å². The van der Waals surface area contributed by atoms with Gasteiger partial charge in [0.2, 0.25) is 5.78 Å². The number of thioether (sulfide) groups is 1. The lowest BCUT2D eigenvalue weighted by atomic mass is 9.64. The highest BCUT2D eigenvalue weighted by atomic mass is 32.2. The SMILES string of the molecule is COc1ccc(OC)c2cc3c(cc12)C(=O)c1occ2c1C3(C)CC=C2Sc1ccccc1. The molecule has 0 bridgehead atoms. The number of furan rings is 1. The first kappa shape index (κ1) is 20.2. The van der Waals surface area contributed by atoms with Crippen LogP contribution in [0.3, 0.4) is 0 Å². The Balaban J connectivity index is 1.56. The molecule has 1 unspecified atom stereocenters. The fourth-order valence-corrected chi connectivity index (χ4v) is 6.15. The van der Waals surface area contributed by atoms with E-state index < -0.39 is 0 Å². The number of rotatable bonds is 4. The topological polar surface area (TPSA) is 48.7 Å². The molecule has 0 saturated carbocycles. The Bertz CT molecular complexity index is 1460. The molecule has 33 heavy (non-hydrogen) atoms. The van der Waals surface area contributed by atoms with E-state index in [1.807, 2.05) is 36.4 Å². The largest absolute Gasteiger partial charge is 0.496 e. The second kappa shape index (κ2) is 7.29. The number of ketones is 1. The number of benzene rings is 3. The lowest BCUT2D eigenvalue weighted by Gasteiger charge is -2.38. The summed E-state index contributed by atoms with van der Waals surface area (Å²) in [6, 6.07) is 18.1. The first-order chi connectivity index (χ1) is 16.0. The van der Waals surface area contributed by atoms with Gasteiger partial charge in [-0.2, -0.15) is 0 Å². The third-order valence-electron chi connectivity index (χ3n) is 6.83. The zero-order valence-electron chi connectivity index (χ0n) is 18.6. The Hall–Kier alpha value is -3.44. The number of hydrogen-bond acceptors (Lipinski definition) is 5. The Morgan fingerprint density at radius 1 is 0.939 bits per heavy atom. The standard InChI is InChI=1S/C28H22O4S/c1-28-12-11-24(33-16-7-5-4-6-8-16)20-15-32-27(25(20)28)26(29)19-13-17-18(14-21(19)28)23(31-3)10-9-22(17)30-2/h4-11,13-15H,12H2,1-3H3. The fourth-order valence-electron chi connectivity index (χ4n) is 5.18. The molecular weight excluding hydrogens is 432 g/mol. The summed E-state index contributed by atoms with van der Waals surface area (Å²) >= 11 is 1.71. The van der Waals surface area contributed by atoms with Gasteiger partial charge in [0.25, 0.3) is 0 Å². The Morgan fingerprint density at radius 2 is 1.64 bits per heavy atom. The fraction of sp³-hybridized carbons (Fsp3) is 0.179. The maximum atomic E-state index is 13.6. The molecule has 6 rings (SSSR count). The number of hydrogen-bond donors (Lipinski definition) is 0. The number of ether oxygens (including phenoxy) is 2. The summed E-state index contributed by atoms with van der Waals surface area (Å²) in [5.74, 6) is 1.83. The lowest BCUT2D eigenvalue weighted by Crippen LogP contribution is -2.34. The molecule has 0 fully saturated rings. The minimum atomic E-state index is -0.371. The van der Waals surface area contributed by atoms with Crippen LogP contribution in [0, 0.1) is 0 Å². The third-order valence-corrected chi connectivity index (χ3v) is 7.95. The first-order valence-corrected chi connectivity index (χ1v) is 11.7. The van der Waals surface area contributed by atoms with E-state index in [0.717, 1.165) is 49.4 Å². The molecule has 0 saturated heterocycles. The maximum absolute atomic E-state index is 13.6. The lowest BCUT2D eigenvalue weighted by molar-refractivity contribution is 0.0999. The van der Waals surface area contributed by atoms with Gasteiger partial charge >= 0.3 is 0 Å². The van der Waals surface area contributed by atoms with E-state index in [1.165, 1.54) is 0 Å². The van der Waals surface area contributed by atoms with E-state index in [-0.39, 0.29) is 11.2 Å². The molecule has 2 aliphatic carbocycles. The van der Waals surface area contributed by atoms with Crippen molar-refractivity contribution in [1.82, 2.24) is 0 Å². The van der Waals surface area contributed by atoms with Crippen molar-refractivity contribution in [3.63, 3.8) is 0 Å². The molecule has 0 aliphatic heterocycles. The molecule has 0 N–H and O–H groups in total. The minimum absolute atomic E-state index is 0.0820. The molecule has 4 nitrogen and oxygen atoms in total. The van der Waals surface area contributed by atoms with Crippen LogP contribution in [0.4, 0.5) is 0 Å². The van der Waals surface area contributed by atoms with Crippen LogP contribution >= 0.6 is 11.8 Å². The van der Waals surface area contributed by atoms with Gasteiger partial charge in [0.05, 0.1) is 14.2 Å². The summed E-state index contributed by atoms with van der Waals surface area (Å²) in [7, 11) is 3.30. The van der Waals surface area contributed by atoms with Crippen molar-refractivity contribution >= 4 is 33.2 Å². The number of fused-ring (bicyclic) bond motifs is 3. The predicted octanol–water partition coefficient (Wildman–Crippen LogP) is 6.84. The molecule has 164 valence electrons. The number of methoxy groups -OCH3 is 2. The van der Waals surface area contributed by atoms with Gasteiger partial charge in [-0.3, -0.25) is 4.79 Å². The van der Waals surface area contributed by atoms with Crippen LogP contribution in [0.25, 0.3) is 15.7 Å². The molecule has 2 aliphatic rings. The third kappa shape index (κ3) is 2.82. The number of carbonyl (C=O) groups is 1. The van der Waals surface area contributed by atoms with Crippen molar-refractivity contribution in [2.45, 2.75) is 23.7 Å². The predicted molar refractivity (Wildman–Crippen MR) is 131 cm³/mol. The summed E-state index contributed by atoms with van der Waals surface area (Å²) < 4.78 is 17.2.